The summed E-state index contributed by atoms with van der Waals surface area (Å²) >= 11 is 5.77. The number of benzene rings is 1. The number of aromatic nitrogens is 2. The van der Waals surface area contributed by atoms with Gasteiger partial charge in [-0.05, 0) is 23.1 Å². The van der Waals surface area contributed by atoms with Crippen molar-refractivity contribution in [2.45, 2.75) is 38.7 Å². The summed E-state index contributed by atoms with van der Waals surface area (Å²) < 4.78 is 5.74. The summed E-state index contributed by atoms with van der Waals surface area (Å²) in [4.78, 5) is 22.6. The lowest BCUT2D eigenvalue weighted by molar-refractivity contribution is 0.0769. The Balaban J connectivity index is 1.61. The van der Waals surface area contributed by atoms with Crippen LogP contribution in [0.3, 0.4) is 0 Å². The van der Waals surface area contributed by atoms with Crippen LogP contribution < -0.4 is 4.74 Å². The molecule has 2 aromatic rings. The van der Waals surface area contributed by atoms with Crippen molar-refractivity contribution < 1.29 is 9.53 Å². The molecule has 1 saturated heterocycles. The zero-order chi connectivity index (χ0) is 18.0. The molecule has 0 unspecified atom stereocenters. The summed E-state index contributed by atoms with van der Waals surface area (Å²) in [5.74, 6) is 0.0311. The number of carbonyl (C=O) groups excluding carboxylic acids is 1. The molecule has 5 nitrogen and oxygen atoms in total. The average Bonchev–Trinajstić information content (AvgIpc) is 3.04. The number of hydrogen-bond acceptors (Lipinski definition) is 4. The fourth-order valence-corrected chi connectivity index (χ4v) is 2.91. The van der Waals surface area contributed by atoms with E-state index in [1.807, 2.05) is 29.2 Å². The average molecular weight is 360 g/mol. The second-order valence-electron chi connectivity index (χ2n) is 7.29. The van der Waals surface area contributed by atoms with Gasteiger partial charge in [-0.2, -0.15) is 0 Å². The molecule has 1 aromatic heterocycles. The van der Waals surface area contributed by atoms with Gasteiger partial charge >= 0.3 is 6.01 Å². The van der Waals surface area contributed by atoms with Crippen LogP contribution in [0.5, 0.6) is 6.01 Å². The zero-order valence-corrected chi connectivity index (χ0v) is 15.5. The minimum absolute atomic E-state index is 0.0311. The highest BCUT2D eigenvalue weighted by molar-refractivity contribution is 6.30. The molecule has 2 heterocycles. The SMILES string of the molecule is CC(C)(C)c1ccc(C(=O)N2CC[C@@H](Oc3ncc(Cl)cn3)C2)cc1. The fourth-order valence-electron chi connectivity index (χ4n) is 2.81. The lowest BCUT2D eigenvalue weighted by Crippen LogP contribution is -2.31. The molecule has 1 aliphatic heterocycles. The topological polar surface area (TPSA) is 55.3 Å². The molecule has 25 heavy (non-hydrogen) atoms. The molecule has 0 saturated carbocycles. The molecule has 1 fully saturated rings. The largest absolute Gasteiger partial charge is 0.458 e. The molecule has 0 spiro atoms. The number of hydrogen-bond donors (Lipinski definition) is 0. The van der Waals surface area contributed by atoms with Crippen molar-refractivity contribution in [3.05, 3.63) is 52.8 Å². The van der Waals surface area contributed by atoms with Crippen LogP contribution in [-0.4, -0.2) is 40.0 Å². The normalized spacial score (nSPS) is 17.6. The monoisotopic (exact) mass is 359 g/mol. The van der Waals surface area contributed by atoms with Crippen LogP contribution in [0.4, 0.5) is 0 Å². The Morgan fingerprint density at radius 1 is 1.20 bits per heavy atom. The van der Waals surface area contributed by atoms with Crippen LogP contribution in [0.1, 0.15) is 43.1 Å². The van der Waals surface area contributed by atoms with Gasteiger partial charge in [0.1, 0.15) is 6.10 Å². The van der Waals surface area contributed by atoms with E-state index < -0.39 is 0 Å². The van der Waals surface area contributed by atoms with Crippen molar-refractivity contribution in [1.82, 2.24) is 14.9 Å². The molecule has 1 aromatic carbocycles. The third-order valence-corrected chi connectivity index (χ3v) is 4.49. The highest BCUT2D eigenvalue weighted by Crippen LogP contribution is 2.23. The van der Waals surface area contributed by atoms with E-state index in [2.05, 4.69) is 30.7 Å². The van der Waals surface area contributed by atoms with E-state index in [4.69, 9.17) is 16.3 Å². The number of likely N-dealkylation sites (tertiary alicyclic amines) is 1. The second kappa shape index (κ2) is 7.00. The van der Waals surface area contributed by atoms with Crippen LogP contribution >= 0.6 is 11.6 Å². The molecule has 6 heteroatoms. The molecule has 0 aliphatic carbocycles. The van der Waals surface area contributed by atoms with Crippen molar-refractivity contribution >= 4 is 17.5 Å². The van der Waals surface area contributed by atoms with E-state index in [0.29, 0.717) is 29.7 Å². The van der Waals surface area contributed by atoms with E-state index in [1.54, 1.807) is 0 Å². The predicted octanol–water partition coefficient (Wildman–Crippen LogP) is 3.72. The van der Waals surface area contributed by atoms with Gasteiger partial charge in [0.2, 0.25) is 0 Å². The third-order valence-electron chi connectivity index (χ3n) is 4.30. The van der Waals surface area contributed by atoms with Gasteiger partial charge in [0.15, 0.2) is 0 Å². The summed E-state index contributed by atoms with van der Waals surface area (Å²) in [5, 5.41) is 0.467. The highest BCUT2D eigenvalue weighted by atomic mass is 35.5. The van der Waals surface area contributed by atoms with E-state index in [-0.39, 0.29) is 17.4 Å². The minimum atomic E-state index is -0.0982. The molecule has 1 atom stereocenters. The van der Waals surface area contributed by atoms with Crippen molar-refractivity contribution in [2.75, 3.05) is 13.1 Å². The second-order valence-corrected chi connectivity index (χ2v) is 7.73. The maximum Gasteiger partial charge on any atom is 0.316 e. The van der Waals surface area contributed by atoms with E-state index >= 15 is 0 Å². The highest BCUT2D eigenvalue weighted by Gasteiger charge is 2.29. The number of nitrogens with zero attached hydrogens (tertiary/aromatic N) is 3. The first-order valence-electron chi connectivity index (χ1n) is 8.37. The standard InChI is InChI=1S/C19H22ClN3O2/c1-19(2,3)14-6-4-13(5-7-14)17(24)23-9-8-16(12-23)25-18-21-10-15(20)11-22-18/h4-7,10-11,16H,8-9,12H2,1-3H3/t16-/m1/s1. The number of ether oxygens (including phenoxy) is 1. The van der Waals surface area contributed by atoms with Crippen molar-refractivity contribution in [3.63, 3.8) is 0 Å². The maximum atomic E-state index is 12.7. The first-order chi connectivity index (χ1) is 11.8. The maximum absolute atomic E-state index is 12.7. The van der Waals surface area contributed by atoms with Gasteiger partial charge in [-0.25, -0.2) is 9.97 Å². The van der Waals surface area contributed by atoms with Crippen LogP contribution in [0.25, 0.3) is 0 Å². The Morgan fingerprint density at radius 2 is 1.84 bits per heavy atom. The summed E-state index contributed by atoms with van der Waals surface area (Å²) in [6.45, 7) is 7.67. The van der Waals surface area contributed by atoms with E-state index in [0.717, 1.165) is 6.42 Å². The van der Waals surface area contributed by atoms with Crippen LogP contribution in [0, 0.1) is 0 Å². The van der Waals surface area contributed by atoms with Gasteiger partial charge in [0, 0.05) is 18.5 Å². The van der Waals surface area contributed by atoms with Crippen LogP contribution in [0.2, 0.25) is 5.02 Å². The molecule has 0 bridgehead atoms. The summed E-state index contributed by atoms with van der Waals surface area (Å²) in [5.41, 5.74) is 2.00. The van der Waals surface area contributed by atoms with Gasteiger partial charge in [-0.1, -0.05) is 44.5 Å². The number of rotatable bonds is 3. The lowest BCUT2D eigenvalue weighted by atomic mass is 9.86. The molecule has 1 amide bonds. The molecule has 0 N–H and O–H groups in total. The molecular formula is C19H22ClN3O2. The summed E-state index contributed by atoms with van der Waals surface area (Å²) in [6.07, 6.45) is 3.66. The van der Waals surface area contributed by atoms with Crippen LogP contribution in [-0.2, 0) is 5.41 Å². The van der Waals surface area contributed by atoms with Gasteiger partial charge in [-0.3, -0.25) is 4.79 Å². The minimum Gasteiger partial charge on any atom is -0.458 e. The molecule has 0 radical (unpaired) electrons. The van der Waals surface area contributed by atoms with E-state index in [1.165, 1.54) is 18.0 Å². The predicted molar refractivity (Wildman–Crippen MR) is 97.1 cm³/mol. The number of halogens is 1. The van der Waals surface area contributed by atoms with Crippen molar-refractivity contribution in [3.8, 4) is 6.01 Å². The first kappa shape index (κ1) is 17.7. The molecule has 3 rings (SSSR count). The number of carbonyl (C=O) groups is 1. The Kier molecular flexibility index (Phi) is 4.95. The first-order valence-corrected chi connectivity index (χ1v) is 8.75. The molecule has 1 aliphatic rings. The molecular weight excluding hydrogens is 338 g/mol. The molecule has 132 valence electrons. The number of amides is 1. The third kappa shape index (κ3) is 4.28. The van der Waals surface area contributed by atoms with Gasteiger partial charge in [0.25, 0.3) is 5.91 Å². The van der Waals surface area contributed by atoms with Crippen molar-refractivity contribution in [2.24, 2.45) is 0 Å². The van der Waals surface area contributed by atoms with Gasteiger partial charge in [0.05, 0.1) is 24.0 Å². The fraction of sp³-hybridized carbons (Fsp3) is 0.421. The van der Waals surface area contributed by atoms with Crippen LogP contribution in [0.15, 0.2) is 36.7 Å². The Morgan fingerprint density at radius 3 is 2.44 bits per heavy atom. The van der Waals surface area contributed by atoms with Crippen molar-refractivity contribution in [1.29, 1.82) is 0 Å². The van der Waals surface area contributed by atoms with Gasteiger partial charge in [-0.15, -0.1) is 0 Å². The quantitative estimate of drug-likeness (QED) is 0.838. The zero-order valence-electron chi connectivity index (χ0n) is 14.7. The summed E-state index contributed by atoms with van der Waals surface area (Å²) in [7, 11) is 0. The Hall–Kier alpha value is -2.14. The lowest BCUT2D eigenvalue weighted by Gasteiger charge is -2.20. The summed E-state index contributed by atoms with van der Waals surface area (Å²) in [6, 6.07) is 8.15. The van der Waals surface area contributed by atoms with Gasteiger partial charge < -0.3 is 9.64 Å². The Bertz CT molecular complexity index is 739. The smallest absolute Gasteiger partial charge is 0.316 e. The van der Waals surface area contributed by atoms with E-state index in [9.17, 15) is 4.79 Å². The Labute approximate surface area is 153 Å².